The van der Waals surface area contributed by atoms with Gasteiger partial charge in [0.1, 0.15) is 5.75 Å². The molecule has 0 radical (unpaired) electrons. The van der Waals surface area contributed by atoms with Crippen molar-refractivity contribution in [1.82, 2.24) is 4.98 Å². The summed E-state index contributed by atoms with van der Waals surface area (Å²) in [5.74, 6) is 0.376. The molecule has 1 N–H and O–H groups in total. The van der Waals surface area contributed by atoms with Crippen molar-refractivity contribution in [3.05, 3.63) is 58.9 Å². The summed E-state index contributed by atoms with van der Waals surface area (Å²) >= 11 is 0. The lowest BCUT2D eigenvalue weighted by molar-refractivity contribution is 0.435. The van der Waals surface area contributed by atoms with Gasteiger partial charge in [0.05, 0.1) is 0 Å². The molecule has 0 atom stereocenters. The zero-order valence-electron chi connectivity index (χ0n) is 15.0. The highest BCUT2D eigenvalue weighted by Gasteiger charge is 2.29. The van der Waals surface area contributed by atoms with Crippen molar-refractivity contribution in [2.45, 2.75) is 52.4 Å². The highest BCUT2D eigenvalue weighted by Crippen LogP contribution is 2.41. The Morgan fingerprint density at radius 2 is 1.52 bits per heavy atom. The SMILES string of the molecule is CC(C)(C)c1c(O)ccc(/C=C/c2cccnc2)c1C(C)(C)C. The number of benzene rings is 1. The first-order valence-electron chi connectivity index (χ1n) is 8.06. The first kappa shape index (κ1) is 17.3. The van der Waals surface area contributed by atoms with Gasteiger partial charge < -0.3 is 5.11 Å². The van der Waals surface area contributed by atoms with E-state index in [0.717, 1.165) is 16.7 Å². The average Bonchev–Trinajstić information content (AvgIpc) is 2.44. The number of aromatic nitrogens is 1. The van der Waals surface area contributed by atoms with E-state index in [1.165, 1.54) is 5.56 Å². The molecule has 0 saturated heterocycles. The molecule has 0 amide bonds. The van der Waals surface area contributed by atoms with Crippen molar-refractivity contribution < 1.29 is 5.11 Å². The lowest BCUT2D eigenvalue weighted by Gasteiger charge is -2.32. The number of aromatic hydroxyl groups is 1. The van der Waals surface area contributed by atoms with E-state index in [1.54, 1.807) is 12.3 Å². The summed E-state index contributed by atoms with van der Waals surface area (Å²) in [6.07, 6.45) is 7.81. The molecule has 23 heavy (non-hydrogen) atoms. The summed E-state index contributed by atoms with van der Waals surface area (Å²) in [6, 6.07) is 7.77. The molecular weight excluding hydrogens is 282 g/mol. The van der Waals surface area contributed by atoms with E-state index in [-0.39, 0.29) is 10.8 Å². The van der Waals surface area contributed by atoms with Crippen LogP contribution in [-0.2, 0) is 10.8 Å². The second kappa shape index (κ2) is 6.19. The summed E-state index contributed by atoms with van der Waals surface area (Å²) in [5, 5.41) is 10.5. The van der Waals surface area contributed by atoms with Crippen LogP contribution in [0.15, 0.2) is 36.7 Å². The van der Waals surface area contributed by atoms with E-state index in [9.17, 15) is 5.11 Å². The lowest BCUT2D eigenvalue weighted by Crippen LogP contribution is -2.23. The van der Waals surface area contributed by atoms with Crippen LogP contribution in [0.1, 0.15) is 63.8 Å². The van der Waals surface area contributed by atoms with Crippen LogP contribution in [0.3, 0.4) is 0 Å². The second-order valence-corrected chi connectivity index (χ2v) is 8.04. The van der Waals surface area contributed by atoms with E-state index in [1.807, 2.05) is 24.4 Å². The van der Waals surface area contributed by atoms with E-state index in [0.29, 0.717) is 5.75 Å². The average molecular weight is 309 g/mol. The molecule has 0 saturated carbocycles. The molecule has 0 aliphatic rings. The van der Waals surface area contributed by atoms with Gasteiger partial charge in [0.25, 0.3) is 0 Å². The van der Waals surface area contributed by atoms with E-state index in [4.69, 9.17) is 0 Å². The molecule has 2 heteroatoms. The Morgan fingerprint density at radius 3 is 2.04 bits per heavy atom. The Hall–Kier alpha value is -2.09. The lowest BCUT2D eigenvalue weighted by atomic mass is 9.72. The Labute approximate surface area is 139 Å². The van der Waals surface area contributed by atoms with Gasteiger partial charge in [0.2, 0.25) is 0 Å². The van der Waals surface area contributed by atoms with Crippen LogP contribution in [0, 0.1) is 0 Å². The molecule has 0 fully saturated rings. The zero-order valence-corrected chi connectivity index (χ0v) is 15.0. The fraction of sp³-hybridized carbons (Fsp3) is 0.381. The number of hydrogen-bond donors (Lipinski definition) is 1. The van der Waals surface area contributed by atoms with Crippen LogP contribution in [0.25, 0.3) is 12.2 Å². The predicted molar refractivity (Wildman–Crippen MR) is 98.7 cm³/mol. The number of hydrogen-bond acceptors (Lipinski definition) is 2. The summed E-state index contributed by atoms with van der Waals surface area (Å²) in [5.41, 5.74) is 4.26. The molecule has 1 aromatic heterocycles. The summed E-state index contributed by atoms with van der Waals surface area (Å²) in [4.78, 5) is 4.15. The van der Waals surface area contributed by atoms with Gasteiger partial charge in [0, 0.05) is 18.0 Å². The van der Waals surface area contributed by atoms with E-state index >= 15 is 0 Å². The molecule has 122 valence electrons. The molecule has 1 heterocycles. The first-order chi connectivity index (χ1) is 10.6. The van der Waals surface area contributed by atoms with Crippen molar-refractivity contribution in [1.29, 1.82) is 0 Å². The standard InChI is InChI=1S/C21H27NO/c1-20(2,3)18-16(10-9-15-8-7-13-22-14-15)11-12-17(23)19(18)21(4,5)6/h7-14,23H,1-6H3/b10-9+. The number of nitrogens with zero attached hydrogens (tertiary/aromatic N) is 1. The minimum atomic E-state index is -0.120. The van der Waals surface area contributed by atoms with Gasteiger partial charge in [-0.1, -0.05) is 65.8 Å². The Morgan fingerprint density at radius 1 is 0.870 bits per heavy atom. The first-order valence-corrected chi connectivity index (χ1v) is 8.06. The largest absolute Gasteiger partial charge is 0.508 e. The Bertz CT molecular complexity index is 701. The highest BCUT2D eigenvalue weighted by molar-refractivity contribution is 5.73. The quantitative estimate of drug-likeness (QED) is 0.788. The highest BCUT2D eigenvalue weighted by atomic mass is 16.3. The third-order valence-corrected chi connectivity index (χ3v) is 3.86. The summed E-state index contributed by atoms with van der Waals surface area (Å²) < 4.78 is 0. The molecule has 1 aromatic carbocycles. The molecule has 2 nitrogen and oxygen atoms in total. The Balaban J connectivity index is 2.63. The van der Waals surface area contributed by atoms with Crippen molar-refractivity contribution in [2.75, 3.05) is 0 Å². The number of pyridine rings is 1. The van der Waals surface area contributed by atoms with Gasteiger partial charge >= 0.3 is 0 Å². The third kappa shape index (κ3) is 4.01. The maximum atomic E-state index is 10.5. The molecule has 2 rings (SSSR count). The minimum Gasteiger partial charge on any atom is -0.508 e. The topological polar surface area (TPSA) is 33.1 Å². The second-order valence-electron chi connectivity index (χ2n) is 8.04. The van der Waals surface area contributed by atoms with Gasteiger partial charge in [0.15, 0.2) is 0 Å². The fourth-order valence-electron chi connectivity index (χ4n) is 2.97. The monoisotopic (exact) mass is 309 g/mol. The molecule has 2 aromatic rings. The number of rotatable bonds is 2. The van der Waals surface area contributed by atoms with Crippen molar-refractivity contribution in [3.8, 4) is 5.75 Å². The van der Waals surface area contributed by atoms with Gasteiger partial charge in [-0.3, -0.25) is 4.98 Å². The van der Waals surface area contributed by atoms with Crippen LogP contribution >= 0.6 is 0 Å². The Kier molecular flexibility index (Phi) is 4.65. The normalized spacial score (nSPS) is 12.8. The van der Waals surface area contributed by atoms with Crippen LogP contribution in [0.2, 0.25) is 0 Å². The van der Waals surface area contributed by atoms with Crippen LogP contribution in [0.4, 0.5) is 0 Å². The molecule has 0 aliphatic heterocycles. The van der Waals surface area contributed by atoms with E-state index in [2.05, 4.69) is 58.7 Å². The van der Waals surface area contributed by atoms with E-state index < -0.39 is 0 Å². The number of phenolic OH excluding ortho intramolecular Hbond substituents is 1. The molecule has 0 unspecified atom stereocenters. The number of phenols is 1. The van der Waals surface area contributed by atoms with Gasteiger partial charge in [-0.25, -0.2) is 0 Å². The van der Waals surface area contributed by atoms with Crippen molar-refractivity contribution in [2.24, 2.45) is 0 Å². The van der Waals surface area contributed by atoms with Gasteiger partial charge in [-0.05, 0) is 39.7 Å². The maximum absolute atomic E-state index is 10.5. The predicted octanol–water partition coefficient (Wildman–Crippen LogP) is 5.55. The smallest absolute Gasteiger partial charge is 0.119 e. The molecule has 0 bridgehead atoms. The van der Waals surface area contributed by atoms with Crippen LogP contribution < -0.4 is 0 Å². The van der Waals surface area contributed by atoms with Crippen LogP contribution in [0.5, 0.6) is 5.75 Å². The molecular formula is C21H27NO. The minimum absolute atomic E-state index is 0.0596. The zero-order chi connectivity index (χ0) is 17.3. The van der Waals surface area contributed by atoms with Crippen molar-refractivity contribution in [3.63, 3.8) is 0 Å². The van der Waals surface area contributed by atoms with Crippen LogP contribution in [-0.4, -0.2) is 10.1 Å². The third-order valence-electron chi connectivity index (χ3n) is 3.86. The van der Waals surface area contributed by atoms with Crippen molar-refractivity contribution >= 4 is 12.2 Å². The molecule has 0 spiro atoms. The fourth-order valence-corrected chi connectivity index (χ4v) is 2.97. The van der Waals surface area contributed by atoms with Gasteiger partial charge in [-0.2, -0.15) is 0 Å². The maximum Gasteiger partial charge on any atom is 0.119 e. The molecule has 0 aliphatic carbocycles. The summed E-state index contributed by atoms with van der Waals surface area (Å²) in [7, 11) is 0. The van der Waals surface area contributed by atoms with Gasteiger partial charge in [-0.15, -0.1) is 0 Å². The summed E-state index contributed by atoms with van der Waals surface area (Å²) in [6.45, 7) is 13.0.